The molecule has 0 amide bonds. The molecule has 8 heteroatoms. The Hall–Kier alpha value is -1.07. The molecule has 0 radical (unpaired) electrons. The fourth-order valence-electron chi connectivity index (χ4n) is 1.46. The van der Waals surface area contributed by atoms with Crippen molar-refractivity contribution in [3.05, 3.63) is 0 Å². The van der Waals surface area contributed by atoms with Crippen molar-refractivity contribution in [1.29, 1.82) is 0 Å². The Morgan fingerprint density at radius 2 is 1.29 bits per heavy atom. The highest BCUT2D eigenvalue weighted by Gasteiger charge is 2.54. The smallest absolute Gasteiger partial charge is 0.350 e. The van der Waals surface area contributed by atoms with Gasteiger partial charge in [-0.05, 0) is 41.5 Å². The van der Waals surface area contributed by atoms with Crippen molar-refractivity contribution in [1.82, 2.24) is 0 Å². The van der Waals surface area contributed by atoms with Gasteiger partial charge in [0, 0.05) is 0 Å². The number of ether oxygens (including phenoxy) is 1. The molecule has 0 aliphatic carbocycles. The normalized spacial score (nSPS) is 11.0. The third kappa shape index (κ3) is 5.67. The number of hydrogen-bond acceptors (Lipinski definition) is 7. The zero-order chi connectivity index (χ0) is 16.1. The van der Waals surface area contributed by atoms with E-state index in [4.69, 9.17) is 4.74 Å². The highest BCUT2D eigenvalue weighted by atomic mass is 27.0. The van der Waals surface area contributed by atoms with Gasteiger partial charge in [0.1, 0.15) is 0 Å². The molecule has 0 heterocycles. The maximum Gasteiger partial charge on any atom is 0.412 e. The average molecular weight is 318 g/mol. The number of hydrogen-bond donors (Lipinski definition) is 0. The molecular weight excluding hydrogens is 295 g/mol. The Kier molecular flexibility index (Phi) is 9.58. The molecule has 0 aromatic heterocycles. The zero-order valence-corrected chi connectivity index (χ0v) is 12.5. The molecule has 0 N–H and O–H groups in total. The third-order valence-corrected chi connectivity index (χ3v) is 2.23. The molecule has 0 saturated heterocycles. The van der Waals surface area contributed by atoms with E-state index in [2.05, 4.69) is 9.78 Å². The van der Waals surface area contributed by atoms with Crippen molar-refractivity contribution in [2.75, 3.05) is 0 Å². The Labute approximate surface area is 134 Å². The highest BCUT2D eigenvalue weighted by molar-refractivity contribution is 6.48. The van der Waals surface area contributed by atoms with Gasteiger partial charge in [-0.3, -0.25) is 19.3 Å². The number of Topliss-reactive ketones (excluding diaryl/α,β-unsaturated/α-hetero) is 3. The third-order valence-electron chi connectivity index (χ3n) is 2.23. The predicted molar refractivity (Wildman–Crippen MR) is 77.6 cm³/mol. The highest BCUT2D eigenvalue weighted by Crippen LogP contribution is 2.20. The lowest BCUT2D eigenvalue weighted by Gasteiger charge is -2.28. The lowest BCUT2D eigenvalue weighted by molar-refractivity contribution is -0.289. The monoisotopic (exact) mass is 318 g/mol. The molecule has 0 unspecified atom stereocenters. The maximum atomic E-state index is 12.1. The Morgan fingerprint density at radius 3 is 1.57 bits per heavy atom. The van der Waals surface area contributed by atoms with Crippen LogP contribution in [0.25, 0.3) is 0 Å². The van der Waals surface area contributed by atoms with Crippen LogP contribution in [0.3, 0.4) is 0 Å². The van der Waals surface area contributed by atoms with Gasteiger partial charge >= 0.3 is 5.97 Å². The second-order valence-electron chi connectivity index (χ2n) is 4.81. The Bertz CT molecular complexity index is 401. The van der Waals surface area contributed by atoms with Gasteiger partial charge in [0.2, 0.25) is 0 Å². The first kappa shape index (κ1) is 22.2. The van der Waals surface area contributed by atoms with Gasteiger partial charge < -0.3 is 4.74 Å². The van der Waals surface area contributed by atoms with Crippen molar-refractivity contribution in [2.24, 2.45) is 0 Å². The van der Waals surface area contributed by atoms with Gasteiger partial charge in [0.15, 0.2) is 28.9 Å². The van der Waals surface area contributed by atoms with Gasteiger partial charge in [0.25, 0.3) is 11.4 Å². The summed E-state index contributed by atoms with van der Waals surface area (Å²) in [7, 11) is 0. The molecule has 0 fully saturated rings. The van der Waals surface area contributed by atoms with Crippen LogP contribution < -0.4 is 0 Å². The van der Waals surface area contributed by atoms with Crippen LogP contribution in [0, 0.1) is 0 Å². The van der Waals surface area contributed by atoms with Gasteiger partial charge in [-0.1, -0.05) is 0 Å². The van der Waals surface area contributed by atoms with Crippen LogP contribution in [0.4, 0.5) is 0 Å². The molecule has 0 atom stereocenters. The summed E-state index contributed by atoms with van der Waals surface area (Å²) >= 11 is 0. The van der Waals surface area contributed by atoms with E-state index in [0.29, 0.717) is 0 Å². The molecule has 0 aliphatic heterocycles. The van der Waals surface area contributed by atoms with Crippen LogP contribution in [0.2, 0.25) is 0 Å². The van der Waals surface area contributed by atoms with E-state index in [1.165, 1.54) is 13.8 Å². The van der Waals surface area contributed by atoms with E-state index in [1.54, 1.807) is 13.8 Å². The lowest BCUT2D eigenvalue weighted by Crippen LogP contribution is -2.57. The van der Waals surface area contributed by atoms with Crippen LogP contribution in [0.5, 0.6) is 0 Å². The number of rotatable bonds is 8. The van der Waals surface area contributed by atoms with Gasteiger partial charge in [-0.25, -0.2) is 4.79 Å². The molecule has 21 heavy (non-hydrogen) atoms. The molecule has 0 aromatic rings. The standard InChI is InChI=1S/C13H20O7.Al.3H/c1-7(2)18-13(9(5)14,10(6)15)11(16)12(17)20-19-8(3)4;;;;/h7-8H,1-6H3;;;;. The summed E-state index contributed by atoms with van der Waals surface area (Å²) in [5.74, 6) is -4.62. The van der Waals surface area contributed by atoms with E-state index in [0.717, 1.165) is 13.8 Å². The van der Waals surface area contributed by atoms with E-state index < -0.39 is 41.1 Å². The summed E-state index contributed by atoms with van der Waals surface area (Å²) in [5.41, 5.74) is -2.48. The minimum Gasteiger partial charge on any atom is -0.350 e. The van der Waals surface area contributed by atoms with E-state index >= 15 is 0 Å². The number of ketones is 3. The average Bonchev–Trinajstić information content (AvgIpc) is 2.30. The molecule has 0 rings (SSSR count). The summed E-state index contributed by atoms with van der Waals surface area (Å²) in [6, 6.07) is 0. The number of carbonyl (C=O) groups is 4. The van der Waals surface area contributed by atoms with Crippen molar-refractivity contribution >= 4 is 40.7 Å². The summed E-state index contributed by atoms with van der Waals surface area (Å²) in [6.45, 7) is 8.21. The molecule has 120 valence electrons. The molecule has 7 nitrogen and oxygen atoms in total. The minimum absolute atomic E-state index is 0. The first-order chi connectivity index (χ1) is 9.05. The second kappa shape index (κ2) is 9.05. The molecule has 0 aliphatic rings. The molecule has 0 saturated carbocycles. The maximum absolute atomic E-state index is 12.1. The second-order valence-corrected chi connectivity index (χ2v) is 4.81. The summed E-state index contributed by atoms with van der Waals surface area (Å²) in [4.78, 5) is 55.9. The summed E-state index contributed by atoms with van der Waals surface area (Å²) < 4.78 is 5.15. The quantitative estimate of drug-likeness (QED) is 0.197. The largest absolute Gasteiger partial charge is 0.412 e. The number of carbonyl (C=O) groups excluding carboxylic acids is 4. The lowest BCUT2D eigenvalue weighted by atomic mass is 9.89. The van der Waals surface area contributed by atoms with E-state index in [1.807, 2.05) is 0 Å². The summed E-state index contributed by atoms with van der Waals surface area (Å²) in [5, 5.41) is 0. The van der Waals surface area contributed by atoms with Gasteiger partial charge in [-0.15, -0.1) is 0 Å². The fourth-order valence-corrected chi connectivity index (χ4v) is 1.46. The van der Waals surface area contributed by atoms with Gasteiger partial charge in [-0.2, -0.15) is 4.89 Å². The molecule has 0 aromatic carbocycles. The van der Waals surface area contributed by atoms with Gasteiger partial charge in [0.05, 0.1) is 12.2 Å². The Morgan fingerprint density at radius 1 is 0.857 bits per heavy atom. The molecular formula is C13H23AlO7. The van der Waals surface area contributed by atoms with E-state index in [-0.39, 0.29) is 17.4 Å². The van der Waals surface area contributed by atoms with Crippen LogP contribution in [0.15, 0.2) is 0 Å². The SMILES string of the molecule is CC(=O)C(OC(C)C)(C(C)=O)C(=O)C(=O)OOC(C)C.[AlH3]. The molecule has 0 bridgehead atoms. The van der Waals surface area contributed by atoms with E-state index in [9.17, 15) is 19.2 Å². The Balaban J connectivity index is 0. The first-order valence-electron chi connectivity index (χ1n) is 6.17. The zero-order valence-electron chi connectivity index (χ0n) is 12.5. The first-order valence-corrected chi connectivity index (χ1v) is 6.17. The fraction of sp³-hybridized carbons (Fsp3) is 0.692. The predicted octanol–water partition coefficient (Wildman–Crippen LogP) is -0.403. The van der Waals surface area contributed by atoms with Crippen molar-refractivity contribution in [2.45, 2.75) is 59.4 Å². The molecule has 0 spiro atoms. The topological polar surface area (TPSA) is 96.0 Å². The van der Waals surface area contributed by atoms with Crippen LogP contribution in [-0.4, -0.2) is 58.5 Å². The summed E-state index contributed by atoms with van der Waals surface area (Å²) in [6.07, 6.45) is -1.09. The van der Waals surface area contributed by atoms with Crippen molar-refractivity contribution in [3.63, 3.8) is 0 Å². The van der Waals surface area contributed by atoms with Crippen LogP contribution in [0.1, 0.15) is 41.5 Å². The minimum atomic E-state index is -2.48. The van der Waals surface area contributed by atoms with Crippen molar-refractivity contribution < 1.29 is 33.7 Å². The van der Waals surface area contributed by atoms with Crippen LogP contribution in [-0.2, 0) is 33.7 Å². The van der Waals surface area contributed by atoms with Crippen molar-refractivity contribution in [3.8, 4) is 0 Å². The van der Waals surface area contributed by atoms with Crippen LogP contribution >= 0.6 is 0 Å².